The molecule has 4 heteroatoms. The van der Waals surface area contributed by atoms with Gasteiger partial charge in [-0.2, -0.15) is 0 Å². The number of rotatable bonds is 3. The second kappa shape index (κ2) is 5.31. The van der Waals surface area contributed by atoms with E-state index in [2.05, 4.69) is 0 Å². The highest BCUT2D eigenvalue weighted by atomic mass is 28.3. The van der Waals surface area contributed by atoms with Gasteiger partial charge in [-0.15, -0.1) is 0 Å². The lowest BCUT2D eigenvalue weighted by Gasteiger charge is -2.21. The van der Waals surface area contributed by atoms with Gasteiger partial charge in [-0.1, -0.05) is 12.0 Å². The maximum absolute atomic E-state index is 10.9. The van der Waals surface area contributed by atoms with Crippen molar-refractivity contribution in [2.24, 2.45) is 0 Å². The van der Waals surface area contributed by atoms with Crippen molar-refractivity contribution in [1.29, 1.82) is 0 Å². The van der Waals surface area contributed by atoms with Crippen molar-refractivity contribution >= 4 is 15.0 Å². The molecule has 1 rings (SSSR count). The Morgan fingerprint density at radius 3 is 2.57 bits per heavy atom. The Morgan fingerprint density at radius 1 is 1.43 bits per heavy atom. The molecular weight excluding hydrogens is 196 g/mol. The van der Waals surface area contributed by atoms with Gasteiger partial charge in [0.1, 0.15) is 0 Å². The van der Waals surface area contributed by atoms with E-state index in [4.69, 9.17) is 9.53 Å². The van der Waals surface area contributed by atoms with E-state index in [1.165, 1.54) is 6.42 Å². The first-order valence-corrected chi connectivity index (χ1v) is 7.23. The molecular formula is C10H18O3Si. The molecule has 0 radical (unpaired) electrons. The predicted molar refractivity (Wildman–Crippen MR) is 58.0 cm³/mol. The van der Waals surface area contributed by atoms with Crippen LogP contribution in [-0.2, 0) is 9.22 Å². The van der Waals surface area contributed by atoms with Crippen molar-refractivity contribution < 1.29 is 14.3 Å². The van der Waals surface area contributed by atoms with Gasteiger partial charge in [0.15, 0.2) is 9.04 Å². The summed E-state index contributed by atoms with van der Waals surface area (Å²) < 4.78 is 5.65. The summed E-state index contributed by atoms with van der Waals surface area (Å²) in [4.78, 5) is 10.9. The minimum Gasteiger partial charge on any atom is -0.478 e. The molecule has 0 aromatic rings. The second-order valence-corrected chi connectivity index (χ2v) is 6.54. The molecule has 1 aliphatic heterocycles. The van der Waals surface area contributed by atoms with Gasteiger partial charge in [0.05, 0.1) is 0 Å². The van der Waals surface area contributed by atoms with Crippen LogP contribution >= 0.6 is 0 Å². The lowest BCUT2D eigenvalue weighted by molar-refractivity contribution is -0.132. The first kappa shape index (κ1) is 11.5. The first-order valence-electron chi connectivity index (χ1n) is 5.12. The minimum atomic E-state index is -1.23. The number of carbonyl (C=O) groups is 1. The molecule has 0 aromatic carbocycles. The Kier molecular flexibility index (Phi) is 4.35. The third-order valence-corrected chi connectivity index (χ3v) is 5.19. The van der Waals surface area contributed by atoms with Crippen LogP contribution < -0.4 is 0 Å². The fourth-order valence-corrected chi connectivity index (χ4v) is 4.47. The van der Waals surface area contributed by atoms with Crippen LogP contribution in [0.5, 0.6) is 0 Å². The van der Waals surface area contributed by atoms with Crippen LogP contribution in [0.3, 0.4) is 0 Å². The molecule has 0 aliphatic carbocycles. The number of carboxylic acid groups (broad SMARTS) is 1. The Hall–Kier alpha value is -0.613. The lowest BCUT2D eigenvalue weighted by atomic mass is 10.2. The molecule has 1 aliphatic rings. The zero-order chi connectivity index (χ0) is 10.6. The van der Waals surface area contributed by atoms with Gasteiger partial charge in [0, 0.05) is 12.2 Å². The summed E-state index contributed by atoms with van der Waals surface area (Å²) in [5, 5.41) is 8.98. The number of aliphatic carboxylic acids is 1. The molecule has 1 unspecified atom stereocenters. The maximum atomic E-state index is 10.9. The molecule has 1 fully saturated rings. The van der Waals surface area contributed by atoms with Crippen molar-refractivity contribution in [3.05, 3.63) is 11.1 Å². The summed E-state index contributed by atoms with van der Waals surface area (Å²) in [6, 6.07) is 1.82. The average molecular weight is 214 g/mol. The summed E-state index contributed by atoms with van der Waals surface area (Å²) in [6.45, 7) is 4.56. The van der Waals surface area contributed by atoms with Gasteiger partial charge in [-0.05, 0) is 32.4 Å². The second-order valence-electron chi connectivity index (χ2n) is 3.98. The summed E-state index contributed by atoms with van der Waals surface area (Å²) in [5.41, 5.74) is 1.49. The standard InChI is InChI=1S/C10H18O3Si/c1-8(2)9(10(11)12)7-14-6-4-3-5-13-14/h14H,3-7H2,1-2H3,(H,11,12). The smallest absolute Gasteiger partial charge is 0.331 e. The zero-order valence-corrected chi connectivity index (χ0v) is 10.0. The van der Waals surface area contributed by atoms with Gasteiger partial charge in [-0.25, -0.2) is 4.79 Å². The van der Waals surface area contributed by atoms with E-state index in [-0.39, 0.29) is 0 Å². The number of hydrogen-bond donors (Lipinski definition) is 1. The van der Waals surface area contributed by atoms with Crippen LogP contribution in [0.2, 0.25) is 12.1 Å². The van der Waals surface area contributed by atoms with Crippen LogP contribution in [0.4, 0.5) is 0 Å². The minimum absolute atomic E-state index is 0.573. The van der Waals surface area contributed by atoms with Gasteiger partial charge < -0.3 is 9.53 Å². The Bertz CT molecular complexity index is 238. The monoisotopic (exact) mass is 214 g/mol. The topological polar surface area (TPSA) is 46.5 Å². The van der Waals surface area contributed by atoms with E-state index < -0.39 is 15.0 Å². The molecule has 1 saturated heterocycles. The fraction of sp³-hybridized carbons (Fsp3) is 0.700. The summed E-state index contributed by atoms with van der Waals surface area (Å²) in [7, 11) is -1.23. The molecule has 1 heterocycles. The highest BCUT2D eigenvalue weighted by Gasteiger charge is 2.21. The molecule has 0 spiro atoms. The highest BCUT2D eigenvalue weighted by molar-refractivity contribution is 6.53. The molecule has 3 nitrogen and oxygen atoms in total. The van der Waals surface area contributed by atoms with E-state index in [0.29, 0.717) is 11.6 Å². The molecule has 0 amide bonds. The molecule has 80 valence electrons. The van der Waals surface area contributed by atoms with E-state index in [9.17, 15) is 4.79 Å². The SMILES string of the molecule is CC(C)=C(C[SiH]1CCCCO1)C(=O)O. The fourth-order valence-electron chi connectivity index (χ4n) is 1.70. The van der Waals surface area contributed by atoms with Gasteiger partial charge >= 0.3 is 5.97 Å². The van der Waals surface area contributed by atoms with Crippen molar-refractivity contribution in [3.8, 4) is 0 Å². The Balaban J connectivity index is 2.55. The van der Waals surface area contributed by atoms with Gasteiger partial charge in [0.25, 0.3) is 0 Å². The molecule has 0 bridgehead atoms. The lowest BCUT2D eigenvalue weighted by Crippen LogP contribution is -2.25. The van der Waals surface area contributed by atoms with Crippen molar-refractivity contribution in [2.75, 3.05) is 6.61 Å². The predicted octanol–water partition coefficient (Wildman–Crippen LogP) is 1.94. The van der Waals surface area contributed by atoms with Crippen LogP contribution in [-0.4, -0.2) is 26.7 Å². The van der Waals surface area contributed by atoms with E-state index >= 15 is 0 Å². The zero-order valence-electron chi connectivity index (χ0n) is 8.88. The summed E-state index contributed by atoms with van der Waals surface area (Å²) >= 11 is 0. The first-order chi connectivity index (χ1) is 6.61. The number of carboxylic acids is 1. The number of hydrogen-bond acceptors (Lipinski definition) is 2. The van der Waals surface area contributed by atoms with Crippen LogP contribution in [0.15, 0.2) is 11.1 Å². The molecule has 14 heavy (non-hydrogen) atoms. The van der Waals surface area contributed by atoms with E-state index in [1.807, 2.05) is 13.8 Å². The van der Waals surface area contributed by atoms with E-state index in [1.54, 1.807) is 0 Å². The third kappa shape index (κ3) is 3.27. The molecule has 1 atom stereocenters. The highest BCUT2D eigenvalue weighted by Crippen LogP contribution is 2.20. The summed E-state index contributed by atoms with van der Waals surface area (Å²) in [6.07, 6.45) is 2.35. The van der Waals surface area contributed by atoms with E-state index in [0.717, 1.165) is 24.6 Å². The van der Waals surface area contributed by atoms with Crippen LogP contribution in [0.25, 0.3) is 0 Å². The van der Waals surface area contributed by atoms with Gasteiger partial charge in [0.2, 0.25) is 0 Å². The van der Waals surface area contributed by atoms with Gasteiger partial charge in [-0.3, -0.25) is 0 Å². The molecule has 1 N–H and O–H groups in total. The van der Waals surface area contributed by atoms with Crippen molar-refractivity contribution in [2.45, 2.75) is 38.8 Å². The Labute approximate surface area is 86.5 Å². The third-order valence-electron chi connectivity index (χ3n) is 2.57. The molecule has 0 saturated carbocycles. The Morgan fingerprint density at radius 2 is 2.14 bits per heavy atom. The van der Waals surface area contributed by atoms with Crippen LogP contribution in [0, 0.1) is 0 Å². The quantitative estimate of drug-likeness (QED) is 0.577. The number of allylic oxidation sites excluding steroid dienone is 1. The largest absolute Gasteiger partial charge is 0.478 e. The van der Waals surface area contributed by atoms with Crippen molar-refractivity contribution in [1.82, 2.24) is 0 Å². The normalized spacial score (nSPS) is 21.7. The maximum Gasteiger partial charge on any atom is 0.331 e. The van der Waals surface area contributed by atoms with Crippen LogP contribution in [0.1, 0.15) is 26.7 Å². The summed E-state index contributed by atoms with van der Waals surface area (Å²) in [5.74, 6) is -0.772. The average Bonchev–Trinajstić information content (AvgIpc) is 2.15. The molecule has 0 aromatic heterocycles. The van der Waals surface area contributed by atoms with Crippen molar-refractivity contribution in [3.63, 3.8) is 0 Å².